The van der Waals surface area contributed by atoms with Crippen LogP contribution in [0.1, 0.15) is 51.3 Å². The van der Waals surface area contributed by atoms with E-state index in [1.54, 1.807) is 23.7 Å². The van der Waals surface area contributed by atoms with Crippen molar-refractivity contribution in [1.82, 2.24) is 39.6 Å². The van der Waals surface area contributed by atoms with E-state index >= 15 is 0 Å². The lowest BCUT2D eigenvalue weighted by atomic mass is 10.2. The minimum Gasteiger partial charge on any atom is -0.343 e. The van der Waals surface area contributed by atoms with Gasteiger partial charge < -0.3 is 15.2 Å². The van der Waals surface area contributed by atoms with Gasteiger partial charge in [-0.1, -0.05) is 35.5 Å². The maximum Gasteiger partial charge on any atom is 0.275 e. The van der Waals surface area contributed by atoms with Gasteiger partial charge in [-0.05, 0) is 18.9 Å². The molecule has 1 fully saturated rings. The van der Waals surface area contributed by atoms with E-state index in [2.05, 4.69) is 35.8 Å². The maximum absolute atomic E-state index is 13.1. The van der Waals surface area contributed by atoms with Crippen molar-refractivity contribution in [3.8, 4) is 11.3 Å². The number of amides is 2. The molecular weight excluding hydrogens is 462 g/mol. The van der Waals surface area contributed by atoms with Gasteiger partial charge in [0.2, 0.25) is 11.7 Å². The number of anilines is 1. The molecule has 0 radical (unpaired) electrons. The Balaban J connectivity index is 1.17. The van der Waals surface area contributed by atoms with Gasteiger partial charge in [-0.25, -0.2) is 4.98 Å². The molecule has 4 heterocycles. The Morgan fingerprint density at radius 2 is 1.92 bits per heavy atom. The molecule has 0 unspecified atom stereocenters. The highest BCUT2D eigenvalue weighted by Crippen LogP contribution is 2.38. The quantitative estimate of drug-likeness (QED) is 0.359. The summed E-state index contributed by atoms with van der Waals surface area (Å²) in [7, 11) is 1.59. The molecule has 12 nitrogen and oxygen atoms in total. The van der Waals surface area contributed by atoms with Crippen LogP contribution in [0.3, 0.4) is 0 Å². The molecular formula is C24H21N9O3. The standard InChI is InChI=1S/C24H21N9O3/c1-32-20(16(11-26-32)22(34)25-12-19-30-21(31-36-19)15-7-8-15)23(35)28-18-9-10-33-13-17(27-24(33)29-18)14-5-3-2-4-6-14/h2-6,9-11,13,15H,7-8,12H2,1H3,(H,25,34)(H,27,28,29,35). The van der Waals surface area contributed by atoms with Crippen molar-refractivity contribution < 1.29 is 14.1 Å². The van der Waals surface area contributed by atoms with Crippen LogP contribution in [0.25, 0.3) is 17.0 Å². The molecule has 180 valence electrons. The highest BCUT2D eigenvalue weighted by molar-refractivity contribution is 6.10. The Labute approximate surface area is 204 Å². The number of benzene rings is 1. The zero-order valence-corrected chi connectivity index (χ0v) is 19.3. The molecule has 12 heteroatoms. The number of hydrogen-bond donors (Lipinski definition) is 2. The van der Waals surface area contributed by atoms with Crippen LogP contribution in [0.4, 0.5) is 5.82 Å². The first-order valence-electron chi connectivity index (χ1n) is 11.4. The highest BCUT2D eigenvalue weighted by atomic mass is 16.5. The average molecular weight is 483 g/mol. The number of nitrogens with one attached hydrogen (secondary N) is 2. The molecule has 6 rings (SSSR count). The fraction of sp³-hybridized carbons (Fsp3) is 0.208. The van der Waals surface area contributed by atoms with E-state index in [1.165, 1.54) is 10.9 Å². The van der Waals surface area contributed by atoms with E-state index < -0.39 is 11.8 Å². The van der Waals surface area contributed by atoms with E-state index in [9.17, 15) is 9.59 Å². The Bertz CT molecular complexity index is 1580. The van der Waals surface area contributed by atoms with Crippen LogP contribution in [0.5, 0.6) is 0 Å². The first-order valence-corrected chi connectivity index (χ1v) is 11.4. The maximum atomic E-state index is 13.1. The number of rotatable bonds is 7. The summed E-state index contributed by atoms with van der Waals surface area (Å²) in [5, 5.41) is 13.5. The fourth-order valence-corrected chi connectivity index (χ4v) is 3.84. The van der Waals surface area contributed by atoms with Gasteiger partial charge in [0.25, 0.3) is 11.8 Å². The lowest BCUT2D eigenvalue weighted by molar-refractivity contribution is 0.0932. The van der Waals surface area contributed by atoms with Crippen LogP contribution in [-0.4, -0.2) is 46.1 Å². The average Bonchev–Trinajstić information content (AvgIpc) is 3.29. The number of imidazole rings is 1. The molecule has 0 atom stereocenters. The number of fused-ring (bicyclic) bond motifs is 1. The predicted octanol–water partition coefficient (Wildman–Crippen LogP) is 2.57. The van der Waals surface area contributed by atoms with E-state index in [4.69, 9.17) is 4.52 Å². The SMILES string of the molecule is Cn1ncc(C(=O)NCc2nc(C3CC3)no2)c1C(=O)Nc1ccn2cc(-c3ccccc3)nc2n1. The van der Waals surface area contributed by atoms with Crippen molar-refractivity contribution in [2.24, 2.45) is 7.05 Å². The fourth-order valence-electron chi connectivity index (χ4n) is 3.84. The number of nitrogens with zero attached hydrogens (tertiary/aromatic N) is 7. The molecule has 0 bridgehead atoms. The third-order valence-corrected chi connectivity index (χ3v) is 5.86. The van der Waals surface area contributed by atoms with Crippen LogP contribution in [0.15, 0.2) is 59.5 Å². The summed E-state index contributed by atoms with van der Waals surface area (Å²) in [5.41, 5.74) is 1.93. The van der Waals surface area contributed by atoms with E-state index in [0.717, 1.165) is 24.1 Å². The molecule has 0 spiro atoms. The number of aromatic nitrogens is 7. The van der Waals surface area contributed by atoms with Crippen LogP contribution in [0, 0.1) is 0 Å². The Kier molecular flexibility index (Phi) is 5.25. The predicted molar refractivity (Wildman–Crippen MR) is 127 cm³/mol. The molecule has 36 heavy (non-hydrogen) atoms. The van der Waals surface area contributed by atoms with E-state index in [-0.39, 0.29) is 17.8 Å². The van der Waals surface area contributed by atoms with Gasteiger partial charge in [0.15, 0.2) is 5.82 Å². The van der Waals surface area contributed by atoms with Crippen LogP contribution in [0.2, 0.25) is 0 Å². The first-order chi connectivity index (χ1) is 17.5. The minimum absolute atomic E-state index is 0.0519. The van der Waals surface area contributed by atoms with Crippen molar-refractivity contribution in [2.45, 2.75) is 25.3 Å². The van der Waals surface area contributed by atoms with Gasteiger partial charge in [0.1, 0.15) is 11.5 Å². The Hall–Kier alpha value is -4.87. The van der Waals surface area contributed by atoms with Gasteiger partial charge in [0, 0.05) is 30.9 Å². The summed E-state index contributed by atoms with van der Waals surface area (Å²) in [6, 6.07) is 11.4. The van der Waals surface area contributed by atoms with Crippen LogP contribution < -0.4 is 10.6 Å². The van der Waals surface area contributed by atoms with Gasteiger partial charge in [-0.15, -0.1) is 0 Å². The van der Waals surface area contributed by atoms with Crippen molar-refractivity contribution >= 4 is 23.4 Å². The summed E-state index contributed by atoms with van der Waals surface area (Å²) in [5.74, 6) is 1.05. The normalized spacial score (nSPS) is 13.1. The molecule has 1 saturated carbocycles. The van der Waals surface area contributed by atoms with E-state index in [1.807, 2.05) is 36.5 Å². The van der Waals surface area contributed by atoms with Gasteiger partial charge in [-0.3, -0.25) is 18.7 Å². The second-order valence-corrected chi connectivity index (χ2v) is 8.50. The minimum atomic E-state index is -0.527. The van der Waals surface area contributed by atoms with Crippen molar-refractivity contribution in [1.29, 1.82) is 0 Å². The van der Waals surface area contributed by atoms with Crippen molar-refractivity contribution in [3.63, 3.8) is 0 Å². The molecule has 5 aromatic rings. The zero-order chi connectivity index (χ0) is 24.6. The molecule has 2 amide bonds. The second kappa shape index (κ2) is 8.73. The van der Waals surface area contributed by atoms with Gasteiger partial charge in [-0.2, -0.15) is 15.1 Å². The smallest absolute Gasteiger partial charge is 0.275 e. The third kappa shape index (κ3) is 4.19. The molecule has 4 aromatic heterocycles. The second-order valence-electron chi connectivity index (χ2n) is 8.50. The highest BCUT2D eigenvalue weighted by Gasteiger charge is 2.29. The number of carbonyl (C=O) groups is 2. The van der Waals surface area contributed by atoms with Gasteiger partial charge in [0.05, 0.1) is 24.0 Å². The van der Waals surface area contributed by atoms with Crippen LogP contribution in [-0.2, 0) is 13.6 Å². The van der Waals surface area contributed by atoms with Crippen molar-refractivity contribution in [2.75, 3.05) is 5.32 Å². The summed E-state index contributed by atoms with van der Waals surface area (Å²) < 4.78 is 8.30. The lowest BCUT2D eigenvalue weighted by Crippen LogP contribution is -2.27. The van der Waals surface area contributed by atoms with Crippen LogP contribution >= 0.6 is 0 Å². The molecule has 1 aromatic carbocycles. The molecule has 1 aliphatic rings. The summed E-state index contributed by atoms with van der Waals surface area (Å²) >= 11 is 0. The van der Waals surface area contributed by atoms with Gasteiger partial charge >= 0.3 is 0 Å². The third-order valence-electron chi connectivity index (χ3n) is 5.86. The molecule has 0 saturated heterocycles. The Morgan fingerprint density at radius 3 is 2.72 bits per heavy atom. The number of aryl methyl sites for hydroxylation is 1. The molecule has 0 aliphatic heterocycles. The van der Waals surface area contributed by atoms with E-state index in [0.29, 0.717) is 29.2 Å². The number of hydrogen-bond acceptors (Lipinski definition) is 8. The summed E-state index contributed by atoms with van der Waals surface area (Å²) in [4.78, 5) is 39.2. The topological polar surface area (TPSA) is 145 Å². The summed E-state index contributed by atoms with van der Waals surface area (Å²) in [6.07, 6.45) is 7.07. The first kappa shape index (κ1) is 21.6. The lowest BCUT2D eigenvalue weighted by Gasteiger charge is -2.07. The Morgan fingerprint density at radius 1 is 1.08 bits per heavy atom. The molecule has 2 N–H and O–H groups in total. The molecule has 1 aliphatic carbocycles. The number of carbonyl (C=O) groups excluding carboxylic acids is 2. The monoisotopic (exact) mass is 483 g/mol. The summed E-state index contributed by atoms with van der Waals surface area (Å²) in [6.45, 7) is 0.0519. The largest absolute Gasteiger partial charge is 0.343 e. The van der Waals surface area contributed by atoms with Crippen molar-refractivity contribution in [3.05, 3.63) is 78.0 Å². The zero-order valence-electron chi connectivity index (χ0n) is 19.3.